The van der Waals surface area contributed by atoms with E-state index in [2.05, 4.69) is 0 Å². The minimum atomic E-state index is -1.09. The van der Waals surface area contributed by atoms with Gasteiger partial charge in [0.25, 0.3) is 0 Å². The van der Waals surface area contributed by atoms with Crippen LogP contribution >= 0.6 is 0 Å². The van der Waals surface area contributed by atoms with Crippen molar-refractivity contribution in [3.05, 3.63) is 47.0 Å². The number of carboxylic acids is 1. The Hall–Kier alpha value is -3.41. The lowest BCUT2D eigenvalue weighted by Crippen LogP contribution is -1.90. The van der Waals surface area contributed by atoms with Gasteiger partial charge in [0.05, 0.1) is 0 Å². The van der Waals surface area contributed by atoms with E-state index in [1.807, 2.05) is 0 Å². The maximum absolute atomic E-state index is 10.6. The molecule has 1 aliphatic rings. The number of phenols is 3. The number of benzene rings is 2. The van der Waals surface area contributed by atoms with Gasteiger partial charge in [-0.3, -0.25) is 0 Å². The quantitative estimate of drug-likeness (QED) is 0.427. The lowest BCUT2D eigenvalue weighted by atomic mass is 10.1. The molecule has 2 aromatic rings. The van der Waals surface area contributed by atoms with E-state index >= 15 is 0 Å². The van der Waals surface area contributed by atoms with Gasteiger partial charge in [-0.25, -0.2) is 4.79 Å². The third-order valence-corrected chi connectivity index (χ3v) is 3.30. The van der Waals surface area contributed by atoms with Crippen molar-refractivity contribution in [2.75, 3.05) is 0 Å². The first-order chi connectivity index (χ1) is 10.9. The fraction of sp³-hybridized carbons (Fsp3) is 0. The predicted molar refractivity (Wildman–Crippen MR) is 83.6 cm³/mol. The van der Waals surface area contributed by atoms with Gasteiger partial charge in [-0.2, -0.15) is 0 Å². The molecule has 23 heavy (non-hydrogen) atoms. The number of aromatic hydroxyl groups is 3. The first-order valence-electron chi connectivity index (χ1n) is 6.64. The molecule has 0 unspecified atom stereocenters. The van der Waals surface area contributed by atoms with Crippen LogP contribution in [0.1, 0.15) is 16.7 Å². The van der Waals surface area contributed by atoms with Crippen LogP contribution in [0, 0.1) is 0 Å². The van der Waals surface area contributed by atoms with E-state index in [1.165, 1.54) is 24.3 Å². The first kappa shape index (κ1) is 14.5. The second-order valence-corrected chi connectivity index (χ2v) is 4.94. The maximum Gasteiger partial charge on any atom is 0.328 e. The van der Waals surface area contributed by atoms with E-state index in [0.717, 1.165) is 6.08 Å². The van der Waals surface area contributed by atoms with Gasteiger partial charge >= 0.3 is 5.97 Å². The Bertz CT molecular complexity index is 864. The minimum Gasteiger partial charge on any atom is -0.504 e. The molecule has 0 aromatic heterocycles. The van der Waals surface area contributed by atoms with Crippen molar-refractivity contribution >= 4 is 24.2 Å². The number of carboxylic acid groups (broad SMARTS) is 1. The van der Waals surface area contributed by atoms with Crippen LogP contribution in [0.25, 0.3) is 18.2 Å². The summed E-state index contributed by atoms with van der Waals surface area (Å²) in [4.78, 5) is 10.6. The van der Waals surface area contributed by atoms with Crippen LogP contribution < -0.4 is 4.74 Å². The number of phenolic OH excluding ortho intramolecular Hbond substituents is 3. The summed E-state index contributed by atoms with van der Waals surface area (Å²) < 4.78 is 5.63. The van der Waals surface area contributed by atoms with Gasteiger partial charge in [0.15, 0.2) is 23.0 Å². The molecule has 3 rings (SSSR count). The zero-order chi connectivity index (χ0) is 16.6. The van der Waals surface area contributed by atoms with E-state index < -0.39 is 5.97 Å². The van der Waals surface area contributed by atoms with Gasteiger partial charge in [-0.15, -0.1) is 0 Å². The van der Waals surface area contributed by atoms with Gasteiger partial charge in [-0.05, 0) is 29.8 Å². The topological polar surface area (TPSA) is 107 Å². The van der Waals surface area contributed by atoms with E-state index in [0.29, 0.717) is 16.7 Å². The average molecular weight is 312 g/mol. The number of hydrogen-bond acceptors (Lipinski definition) is 5. The Kier molecular flexibility index (Phi) is 3.42. The van der Waals surface area contributed by atoms with Crippen molar-refractivity contribution < 1.29 is 30.0 Å². The molecule has 116 valence electrons. The van der Waals surface area contributed by atoms with Crippen molar-refractivity contribution in [3.8, 4) is 28.7 Å². The molecule has 2 aromatic carbocycles. The van der Waals surface area contributed by atoms with Crippen LogP contribution in [0.3, 0.4) is 0 Å². The molecule has 0 radical (unpaired) electrons. The highest BCUT2D eigenvalue weighted by Gasteiger charge is 2.17. The molecule has 1 heterocycles. The molecule has 0 aliphatic carbocycles. The van der Waals surface area contributed by atoms with Crippen LogP contribution in [0.5, 0.6) is 28.7 Å². The molecule has 0 amide bonds. The number of aliphatic carboxylic acids is 1. The van der Waals surface area contributed by atoms with Crippen molar-refractivity contribution in [2.45, 2.75) is 0 Å². The van der Waals surface area contributed by atoms with E-state index in [-0.39, 0.29) is 28.7 Å². The van der Waals surface area contributed by atoms with Gasteiger partial charge in [0.1, 0.15) is 5.75 Å². The molecular formula is C17H12O6. The highest BCUT2D eigenvalue weighted by Crippen LogP contribution is 2.43. The third-order valence-electron chi connectivity index (χ3n) is 3.30. The summed E-state index contributed by atoms with van der Waals surface area (Å²) >= 11 is 0. The second kappa shape index (κ2) is 5.42. The summed E-state index contributed by atoms with van der Waals surface area (Å²) in [5, 5.41) is 37.9. The third kappa shape index (κ3) is 2.82. The number of carbonyl (C=O) groups is 1. The minimum absolute atomic E-state index is 0.169. The molecule has 6 nitrogen and oxygen atoms in total. The van der Waals surface area contributed by atoms with Gasteiger partial charge in [-0.1, -0.05) is 12.2 Å². The summed E-state index contributed by atoms with van der Waals surface area (Å²) in [6.07, 6.45) is 5.64. The number of hydrogen-bond donors (Lipinski definition) is 4. The molecule has 0 spiro atoms. The van der Waals surface area contributed by atoms with E-state index in [1.54, 1.807) is 18.2 Å². The van der Waals surface area contributed by atoms with Crippen molar-refractivity contribution in [3.63, 3.8) is 0 Å². The number of rotatable bonds is 2. The molecule has 1 aliphatic heterocycles. The SMILES string of the molecule is O=C(O)/C=C/c1cc(O)c2c(c1)C=Cc1cc(O)c(O)cc1O2. The zero-order valence-corrected chi connectivity index (χ0v) is 11.7. The Labute approximate surface area is 130 Å². The largest absolute Gasteiger partial charge is 0.504 e. The van der Waals surface area contributed by atoms with Crippen molar-refractivity contribution in [1.29, 1.82) is 0 Å². The van der Waals surface area contributed by atoms with Gasteiger partial charge < -0.3 is 25.2 Å². The lowest BCUT2D eigenvalue weighted by molar-refractivity contribution is -0.131. The summed E-state index contributed by atoms with van der Waals surface area (Å²) in [5.41, 5.74) is 1.55. The standard InChI is InChI=1S/C17H12O6/c18-12-7-10-2-3-11-5-9(1-4-16(21)22)6-14(20)17(11)23-15(10)8-13(12)19/h1-8,18-20H,(H,21,22)/b4-1+. The molecule has 0 saturated carbocycles. The van der Waals surface area contributed by atoms with Crippen LogP contribution in [-0.4, -0.2) is 26.4 Å². The fourth-order valence-electron chi connectivity index (χ4n) is 2.24. The zero-order valence-electron chi connectivity index (χ0n) is 11.7. The molecule has 0 atom stereocenters. The van der Waals surface area contributed by atoms with Gasteiger partial charge in [0.2, 0.25) is 0 Å². The van der Waals surface area contributed by atoms with Crippen LogP contribution in [0.4, 0.5) is 0 Å². The summed E-state index contributed by atoms with van der Waals surface area (Å²) in [7, 11) is 0. The average Bonchev–Trinajstić information content (AvgIpc) is 2.66. The normalized spacial score (nSPS) is 12.3. The summed E-state index contributed by atoms with van der Waals surface area (Å²) in [5.74, 6) is -1.42. The van der Waals surface area contributed by atoms with Crippen molar-refractivity contribution in [1.82, 2.24) is 0 Å². The van der Waals surface area contributed by atoms with Crippen LogP contribution in [-0.2, 0) is 4.79 Å². The molecule has 4 N–H and O–H groups in total. The number of fused-ring (bicyclic) bond motifs is 2. The maximum atomic E-state index is 10.6. The molecular weight excluding hydrogens is 300 g/mol. The highest BCUT2D eigenvalue weighted by atomic mass is 16.5. The Morgan fingerprint density at radius 3 is 2.35 bits per heavy atom. The molecule has 0 saturated heterocycles. The monoisotopic (exact) mass is 312 g/mol. The smallest absolute Gasteiger partial charge is 0.328 e. The van der Waals surface area contributed by atoms with E-state index in [4.69, 9.17) is 9.84 Å². The van der Waals surface area contributed by atoms with Crippen LogP contribution in [0.15, 0.2) is 30.3 Å². The molecule has 6 heteroatoms. The second-order valence-electron chi connectivity index (χ2n) is 4.94. The predicted octanol–water partition coefficient (Wildman–Crippen LogP) is 3.18. The Morgan fingerprint density at radius 1 is 0.913 bits per heavy atom. The lowest BCUT2D eigenvalue weighted by Gasteiger charge is -2.12. The van der Waals surface area contributed by atoms with Crippen LogP contribution in [0.2, 0.25) is 0 Å². The molecule has 0 bridgehead atoms. The number of ether oxygens (including phenoxy) is 1. The van der Waals surface area contributed by atoms with E-state index in [9.17, 15) is 20.1 Å². The Balaban J connectivity index is 2.09. The molecule has 0 fully saturated rings. The highest BCUT2D eigenvalue weighted by molar-refractivity contribution is 5.86. The Morgan fingerprint density at radius 2 is 1.61 bits per heavy atom. The van der Waals surface area contributed by atoms with Crippen molar-refractivity contribution in [2.24, 2.45) is 0 Å². The summed E-state index contributed by atoms with van der Waals surface area (Å²) in [6.45, 7) is 0. The first-order valence-corrected chi connectivity index (χ1v) is 6.64. The fourth-order valence-corrected chi connectivity index (χ4v) is 2.24. The summed E-state index contributed by atoms with van der Waals surface area (Å²) in [6, 6.07) is 5.62. The van der Waals surface area contributed by atoms with Gasteiger partial charge in [0, 0.05) is 23.3 Å².